The summed E-state index contributed by atoms with van der Waals surface area (Å²) in [6, 6.07) is 21.5. The van der Waals surface area contributed by atoms with Gasteiger partial charge in [-0.25, -0.2) is 0 Å². The summed E-state index contributed by atoms with van der Waals surface area (Å²) in [6.45, 7) is 2.13. The molecule has 5 heteroatoms. The van der Waals surface area contributed by atoms with Crippen LogP contribution in [0.3, 0.4) is 0 Å². The van der Waals surface area contributed by atoms with E-state index in [-0.39, 0.29) is 18.4 Å². The van der Waals surface area contributed by atoms with Crippen LogP contribution in [0.15, 0.2) is 60.7 Å². The van der Waals surface area contributed by atoms with Crippen molar-refractivity contribution in [1.29, 1.82) is 0 Å². The van der Waals surface area contributed by atoms with Crippen LogP contribution in [0.4, 0.5) is 0 Å². The summed E-state index contributed by atoms with van der Waals surface area (Å²) in [5.41, 5.74) is 10.8. The fourth-order valence-corrected chi connectivity index (χ4v) is 6.17. The van der Waals surface area contributed by atoms with E-state index in [1.165, 1.54) is 38.1 Å². The molecule has 0 spiro atoms. The molecule has 4 heterocycles. The topological polar surface area (TPSA) is 54.3 Å². The Morgan fingerprint density at radius 1 is 0.900 bits per heavy atom. The van der Waals surface area contributed by atoms with Gasteiger partial charge in [-0.3, -0.25) is 0 Å². The smallest absolute Gasteiger partial charge is 0.173 e. The molecular formula is C25H23N3O2. The highest BCUT2D eigenvalue weighted by atomic mass is 16.6. The van der Waals surface area contributed by atoms with Gasteiger partial charge in [-0.1, -0.05) is 48.5 Å². The Labute approximate surface area is 173 Å². The molecule has 2 aliphatic heterocycles. The third kappa shape index (κ3) is 1.76. The predicted octanol–water partition coefficient (Wildman–Crippen LogP) is 4.85. The Morgan fingerprint density at radius 2 is 1.53 bits per heavy atom. The Kier molecular flexibility index (Phi) is 3.06. The van der Waals surface area contributed by atoms with Crippen molar-refractivity contribution in [3.8, 4) is 0 Å². The summed E-state index contributed by atoms with van der Waals surface area (Å²) in [6.07, 6.45) is 0.308. The molecular weight excluding hydrogens is 374 g/mol. The molecule has 4 atom stereocenters. The molecule has 5 nitrogen and oxygen atoms in total. The number of methoxy groups -OCH3 is 1. The molecule has 5 aromatic rings. The molecule has 2 aromatic heterocycles. The first-order chi connectivity index (χ1) is 14.6. The van der Waals surface area contributed by atoms with E-state index in [0.717, 1.165) is 5.52 Å². The monoisotopic (exact) mass is 397 g/mol. The summed E-state index contributed by atoms with van der Waals surface area (Å²) < 4.78 is 17.6. The number of para-hydroxylation sites is 2. The molecule has 0 radical (unpaired) electrons. The van der Waals surface area contributed by atoms with Gasteiger partial charge in [0.25, 0.3) is 0 Å². The molecule has 0 amide bonds. The first-order valence-electron chi connectivity index (χ1n) is 10.5. The molecule has 0 unspecified atom stereocenters. The third-order valence-electron chi connectivity index (χ3n) is 7.26. The molecule has 3 aromatic carbocycles. The van der Waals surface area contributed by atoms with Crippen molar-refractivity contribution < 1.29 is 9.47 Å². The number of fused-ring (bicyclic) bond motifs is 10. The second-order valence-corrected chi connectivity index (χ2v) is 8.78. The van der Waals surface area contributed by atoms with Crippen LogP contribution in [0.25, 0.3) is 43.6 Å². The number of benzene rings is 3. The second-order valence-electron chi connectivity index (χ2n) is 8.78. The molecule has 30 heavy (non-hydrogen) atoms. The van der Waals surface area contributed by atoms with Crippen LogP contribution in [0.1, 0.15) is 19.6 Å². The second kappa shape index (κ2) is 5.43. The van der Waals surface area contributed by atoms with E-state index < -0.39 is 5.72 Å². The van der Waals surface area contributed by atoms with Gasteiger partial charge in [0.2, 0.25) is 0 Å². The van der Waals surface area contributed by atoms with E-state index in [1.54, 1.807) is 7.11 Å². The fourth-order valence-electron chi connectivity index (χ4n) is 6.17. The van der Waals surface area contributed by atoms with Crippen LogP contribution in [0, 0.1) is 0 Å². The number of ether oxygens (including phenoxy) is 2. The highest BCUT2D eigenvalue weighted by molar-refractivity contribution is 6.22. The van der Waals surface area contributed by atoms with E-state index in [2.05, 4.69) is 76.7 Å². The van der Waals surface area contributed by atoms with Gasteiger partial charge in [0.1, 0.15) is 12.3 Å². The van der Waals surface area contributed by atoms with Crippen molar-refractivity contribution in [3.63, 3.8) is 0 Å². The lowest BCUT2D eigenvalue weighted by atomic mass is 9.93. The molecule has 0 aliphatic carbocycles. The lowest BCUT2D eigenvalue weighted by molar-refractivity contribution is -0.252. The number of aromatic nitrogens is 2. The summed E-state index contributed by atoms with van der Waals surface area (Å²) in [7, 11) is 1.74. The van der Waals surface area contributed by atoms with Crippen LogP contribution >= 0.6 is 0 Å². The van der Waals surface area contributed by atoms with E-state index in [0.29, 0.717) is 6.42 Å². The SMILES string of the molecule is CO[C@H]1[C@H](N)C[C@@H]2O[C@@]1(C)n1c3ccccc3c3ccc4c5ccccc5n2c4c31. The summed E-state index contributed by atoms with van der Waals surface area (Å²) >= 11 is 0. The minimum absolute atomic E-state index is 0.138. The van der Waals surface area contributed by atoms with Crippen molar-refractivity contribution in [3.05, 3.63) is 60.7 Å². The summed E-state index contributed by atoms with van der Waals surface area (Å²) in [4.78, 5) is 0. The Balaban J connectivity index is 1.81. The average Bonchev–Trinajstić information content (AvgIpc) is 3.24. The van der Waals surface area contributed by atoms with Crippen LogP contribution in [-0.4, -0.2) is 28.4 Å². The summed E-state index contributed by atoms with van der Waals surface area (Å²) in [5.74, 6) is 0. The Bertz CT molecular complexity index is 1500. The van der Waals surface area contributed by atoms with Crippen LogP contribution < -0.4 is 5.73 Å². The number of hydrogen-bond donors (Lipinski definition) is 1. The highest BCUT2D eigenvalue weighted by Gasteiger charge is 2.51. The maximum atomic E-state index is 6.93. The van der Waals surface area contributed by atoms with Gasteiger partial charge < -0.3 is 24.3 Å². The Hall–Kier alpha value is -2.86. The molecule has 7 rings (SSSR count). The number of nitrogens with zero attached hydrogens (tertiary/aromatic N) is 2. The highest BCUT2D eigenvalue weighted by Crippen LogP contribution is 2.50. The van der Waals surface area contributed by atoms with E-state index in [1.807, 2.05) is 0 Å². The zero-order valence-corrected chi connectivity index (χ0v) is 17.0. The maximum Gasteiger partial charge on any atom is 0.173 e. The summed E-state index contributed by atoms with van der Waals surface area (Å²) in [5, 5.41) is 4.97. The van der Waals surface area contributed by atoms with Gasteiger partial charge in [-0.2, -0.15) is 0 Å². The van der Waals surface area contributed by atoms with Crippen molar-refractivity contribution in [2.24, 2.45) is 5.73 Å². The quantitative estimate of drug-likeness (QED) is 0.440. The van der Waals surface area contributed by atoms with Crippen molar-refractivity contribution in [2.45, 2.75) is 37.4 Å². The molecule has 2 N–H and O–H groups in total. The van der Waals surface area contributed by atoms with Crippen molar-refractivity contribution >= 4 is 43.6 Å². The van der Waals surface area contributed by atoms with E-state index >= 15 is 0 Å². The normalized spacial score (nSPS) is 28.2. The molecule has 1 saturated heterocycles. The van der Waals surface area contributed by atoms with Crippen LogP contribution in [0.5, 0.6) is 0 Å². The first kappa shape index (κ1) is 16.9. The van der Waals surface area contributed by atoms with Crippen molar-refractivity contribution in [1.82, 2.24) is 9.13 Å². The largest absolute Gasteiger partial charge is 0.375 e. The van der Waals surface area contributed by atoms with Gasteiger partial charge in [-0.15, -0.1) is 0 Å². The third-order valence-corrected chi connectivity index (χ3v) is 7.26. The van der Waals surface area contributed by atoms with E-state index in [9.17, 15) is 0 Å². The molecule has 2 aliphatic rings. The maximum absolute atomic E-state index is 6.93. The molecule has 150 valence electrons. The van der Waals surface area contributed by atoms with Gasteiger partial charge in [0.15, 0.2) is 5.72 Å². The Morgan fingerprint density at radius 3 is 2.27 bits per heavy atom. The van der Waals surface area contributed by atoms with Gasteiger partial charge >= 0.3 is 0 Å². The zero-order chi connectivity index (χ0) is 20.2. The first-order valence-corrected chi connectivity index (χ1v) is 10.5. The van der Waals surface area contributed by atoms with Gasteiger partial charge in [0.05, 0.1) is 22.1 Å². The molecule has 0 saturated carbocycles. The van der Waals surface area contributed by atoms with Crippen LogP contribution in [-0.2, 0) is 15.2 Å². The lowest BCUT2D eigenvalue weighted by Gasteiger charge is -2.47. The lowest BCUT2D eigenvalue weighted by Crippen LogP contribution is -2.59. The number of hydrogen-bond acceptors (Lipinski definition) is 3. The standard InChI is InChI=1S/C25H23N3O2/c1-25-24(29-2)18(26)13-21(30-25)27-19-9-5-3-7-14(19)16-11-12-17-15-8-4-6-10-20(15)28(25)23(17)22(16)27/h3-12,18,21,24H,13,26H2,1-2H3/t18-,21+,24+,25-/m1/s1. The van der Waals surface area contributed by atoms with Crippen LogP contribution in [0.2, 0.25) is 0 Å². The minimum Gasteiger partial charge on any atom is -0.375 e. The molecule has 1 fully saturated rings. The fraction of sp³-hybridized carbons (Fsp3) is 0.280. The minimum atomic E-state index is -0.715. The zero-order valence-electron chi connectivity index (χ0n) is 17.0. The van der Waals surface area contributed by atoms with Gasteiger partial charge in [-0.05, 0) is 19.1 Å². The van der Waals surface area contributed by atoms with E-state index in [4.69, 9.17) is 15.2 Å². The number of rotatable bonds is 1. The van der Waals surface area contributed by atoms with Gasteiger partial charge in [0, 0.05) is 41.1 Å². The average molecular weight is 397 g/mol. The number of nitrogens with two attached hydrogens (primary N) is 1. The predicted molar refractivity (Wildman–Crippen MR) is 120 cm³/mol. The molecule has 2 bridgehead atoms. The van der Waals surface area contributed by atoms with Crippen molar-refractivity contribution in [2.75, 3.05) is 7.11 Å².